The number of amides is 2. The smallest absolute Gasteiger partial charge is 0.325 e. The van der Waals surface area contributed by atoms with Crippen molar-refractivity contribution < 1.29 is 19.2 Å². The highest BCUT2D eigenvalue weighted by molar-refractivity contribution is 6.02. The highest BCUT2D eigenvalue weighted by Gasteiger charge is 2.33. The van der Waals surface area contributed by atoms with E-state index in [4.69, 9.17) is 0 Å². The number of hydrogen-bond acceptors (Lipinski definition) is 5. The Morgan fingerprint density at radius 3 is 2.50 bits per heavy atom. The largest absolute Gasteiger partial charge is 0.367 e. The van der Waals surface area contributed by atoms with Gasteiger partial charge in [0.15, 0.2) is 0 Å². The zero-order valence-electron chi connectivity index (χ0n) is 8.54. The number of nitrogens with zero attached hydrogens (tertiary/aromatic N) is 3. The standard InChI is InChI=1S/C9H9N3O4/c1-11-5-6(4-10-11)9(15)16-12-7(13)2-3-8(12)14/h4-5H,2-3H2,1H3. The van der Waals surface area contributed by atoms with Crippen LogP contribution in [0.15, 0.2) is 12.4 Å². The lowest BCUT2D eigenvalue weighted by Gasteiger charge is -2.11. The van der Waals surface area contributed by atoms with Gasteiger partial charge in [0.25, 0.3) is 11.8 Å². The van der Waals surface area contributed by atoms with Crippen LogP contribution in [-0.2, 0) is 21.5 Å². The van der Waals surface area contributed by atoms with Crippen molar-refractivity contribution >= 4 is 17.8 Å². The van der Waals surface area contributed by atoms with Crippen LogP contribution in [0.25, 0.3) is 0 Å². The van der Waals surface area contributed by atoms with Gasteiger partial charge in [-0.05, 0) is 0 Å². The van der Waals surface area contributed by atoms with Gasteiger partial charge < -0.3 is 4.84 Å². The van der Waals surface area contributed by atoms with Crippen LogP contribution in [0.5, 0.6) is 0 Å². The fourth-order valence-electron chi connectivity index (χ4n) is 1.32. The first-order valence-corrected chi connectivity index (χ1v) is 4.64. The number of rotatable bonds is 2. The van der Waals surface area contributed by atoms with Gasteiger partial charge >= 0.3 is 5.97 Å². The van der Waals surface area contributed by atoms with E-state index in [0.29, 0.717) is 5.06 Å². The monoisotopic (exact) mass is 223 g/mol. The molecule has 2 heterocycles. The number of carbonyl (C=O) groups is 3. The van der Waals surface area contributed by atoms with E-state index in [1.807, 2.05) is 0 Å². The lowest BCUT2D eigenvalue weighted by molar-refractivity contribution is -0.172. The molecule has 16 heavy (non-hydrogen) atoms. The Kier molecular flexibility index (Phi) is 2.43. The summed E-state index contributed by atoms with van der Waals surface area (Å²) in [4.78, 5) is 38.5. The maximum absolute atomic E-state index is 11.5. The van der Waals surface area contributed by atoms with Crippen molar-refractivity contribution in [1.82, 2.24) is 14.8 Å². The molecule has 0 N–H and O–H groups in total. The molecule has 1 aliphatic rings. The van der Waals surface area contributed by atoms with Crippen molar-refractivity contribution in [3.05, 3.63) is 18.0 Å². The van der Waals surface area contributed by atoms with E-state index in [-0.39, 0.29) is 18.4 Å². The Labute approximate surface area is 90.5 Å². The number of hydroxylamine groups is 2. The van der Waals surface area contributed by atoms with Gasteiger partial charge in [-0.1, -0.05) is 0 Å². The van der Waals surface area contributed by atoms with Crippen molar-refractivity contribution in [3.63, 3.8) is 0 Å². The number of carbonyl (C=O) groups excluding carboxylic acids is 3. The minimum absolute atomic E-state index is 0.0825. The molecule has 0 spiro atoms. The minimum atomic E-state index is -0.767. The van der Waals surface area contributed by atoms with Crippen molar-refractivity contribution in [3.8, 4) is 0 Å². The maximum atomic E-state index is 11.5. The molecule has 1 aliphatic heterocycles. The second kappa shape index (κ2) is 3.76. The number of imide groups is 1. The molecule has 0 unspecified atom stereocenters. The van der Waals surface area contributed by atoms with Crippen LogP contribution in [0.4, 0.5) is 0 Å². The van der Waals surface area contributed by atoms with Gasteiger partial charge in [0.2, 0.25) is 0 Å². The van der Waals surface area contributed by atoms with E-state index in [2.05, 4.69) is 9.94 Å². The van der Waals surface area contributed by atoms with E-state index in [9.17, 15) is 14.4 Å². The van der Waals surface area contributed by atoms with Gasteiger partial charge in [-0.3, -0.25) is 14.3 Å². The van der Waals surface area contributed by atoms with Gasteiger partial charge in [-0.15, -0.1) is 5.06 Å². The van der Waals surface area contributed by atoms with Gasteiger partial charge in [-0.25, -0.2) is 4.79 Å². The fourth-order valence-corrected chi connectivity index (χ4v) is 1.32. The highest BCUT2D eigenvalue weighted by Crippen LogP contribution is 2.13. The summed E-state index contributed by atoms with van der Waals surface area (Å²) in [5, 5.41) is 4.29. The third kappa shape index (κ3) is 1.79. The topological polar surface area (TPSA) is 81.5 Å². The summed E-state index contributed by atoms with van der Waals surface area (Å²) in [6.45, 7) is 0. The quantitative estimate of drug-likeness (QED) is 0.639. The molecule has 0 radical (unpaired) electrons. The molecular formula is C9H9N3O4. The van der Waals surface area contributed by atoms with Gasteiger partial charge in [0.05, 0.1) is 11.8 Å². The number of aryl methyl sites for hydroxylation is 1. The lowest BCUT2D eigenvalue weighted by Crippen LogP contribution is -2.31. The van der Waals surface area contributed by atoms with Crippen LogP contribution >= 0.6 is 0 Å². The van der Waals surface area contributed by atoms with E-state index in [1.54, 1.807) is 7.05 Å². The zero-order valence-corrected chi connectivity index (χ0v) is 8.54. The Hall–Kier alpha value is -2.18. The van der Waals surface area contributed by atoms with Gasteiger partial charge in [0.1, 0.15) is 0 Å². The van der Waals surface area contributed by atoms with E-state index < -0.39 is 17.8 Å². The molecule has 0 saturated carbocycles. The van der Waals surface area contributed by atoms with E-state index in [0.717, 1.165) is 0 Å². The van der Waals surface area contributed by atoms with E-state index in [1.165, 1.54) is 17.1 Å². The van der Waals surface area contributed by atoms with Crippen LogP contribution in [0, 0.1) is 0 Å². The number of hydrogen-bond donors (Lipinski definition) is 0. The van der Waals surface area contributed by atoms with Crippen molar-refractivity contribution in [2.24, 2.45) is 7.05 Å². The predicted molar refractivity (Wildman–Crippen MR) is 49.7 cm³/mol. The molecule has 0 aromatic carbocycles. The molecule has 2 amide bonds. The lowest BCUT2D eigenvalue weighted by atomic mass is 10.4. The predicted octanol–water partition coefficient (Wildman–Crippen LogP) is -0.359. The third-order valence-corrected chi connectivity index (χ3v) is 2.12. The van der Waals surface area contributed by atoms with Crippen LogP contribution in [0.1, 0.15) is 23.2 Å². The summed E-state index contributed by atoms with van der Waals surface area (Å²) in [5.74, 6) is -1.76. The number of aromatic nitrogens is 2. The van der Waals surface area contributed by atoms with Crippen LogP contribution < -0.4 is 0 Å². The average molecular weight is 223 g/mol. The van der Waals surface area contributed by atoms with Crippen molar-refractivity contribution in [1.29, 1.82) is 0 Å². The molecule has 1 aromatic heterocycles. The summed E-state index contributed by atoms with van der Waals surface area (Å²) in [6.07, 6.45) is 2.90. The van der Waals surface area contributed by atoms with Crippen molar-refractivity contribution in [2.75, 3.05) is 0 Å². The van der Waals surface area contributed by atoms with Crippen molar-refractivity contribution in [2.45, 2.75) is 12.8 Å². The highest BCUT2D eigenvalue weighted by atomic mass is 16.7. The summed E-state index contributed by atoms with van der Waals surface area (Å²) in [7, 11) is 1.64. The van der Waals surface area contributed by atoms with Crippen LogP contribution in [0.2, 0.25) is 0 Å². The summed E-state index contributed by atoms with van der Waals surface area (Å²) >= 11 is 0. The third-order valence-electron chi connectivity index (χ3n) is 2.12. The van der Waals surface area contributed by atoms with Crippen LogP contribution in [-0.4, -0.2) is 32.6 Å². The second-order valence-electron chi connectivity index (χ2n) is 3.36. The summed E-state index contributed by atoms with van der Waals surface area (Å²) < 4.78 is 1.42. The summed E-state index contributed by atoms with van der Waals surface area (Å²) in [6, 6.07) is 0. The molecule has 1 fully saturated rings. The Balaban J connectivity index is 2.08. The molecular weight excluding hydrogens is 214 g/mol. The zero-order chi connectivity index (χ0) is 11.7. The molecule has 7 heteroatoms. The average Bonchev–Trinajstić information content (AvgIpc) is 2.79. The molecule has 84 valence electrons. The first-order chi connectivity index (χ1) is 7.58. The SMILES string of the molecule is Cn1cc(C(=O)ON2C(=O)CCC2=O)cn1. The fraction of sp³-hybridized carbons (Fsp3) is 0.333. The molecule has 0 atom stereocenters. The van der Waals surface area contributed by atoms with Gasteiger partial charge in [0, 0.05) is 26.1 Å². The second-order valence-corrected chi connectivity index (χ2v) is 3.36. The Bertz CT molecular complexity index is 449. The molecule has 2 rings (SSSR count). The van der Waals surface area contributed by atoms with Crippen LogP contribution in [0.3, 0.4) is 0 Å². The molecule has 7 nitrogen and oxygen atoms in total. The molecule has 1 saturated heterocycles. The summed E-state index contributed by atoms with van der Waals surface area (Å²) in [5.41, 5.74) is 0.190. The molecule has 0 bridgehead atoms. The molecule has 1 aromatic rings. The van der Waals surface area contributed by atoms with E-state index >= 15 is 0 Å². The van der Waals surface area contributed by atoms with Gasteiger partial charge in [-0.2, -0.15) is 5.10 Å². The Morgan fingerprint density at radius 1 is 1.38 bits per heavy atom. The first-order valence-electron chi connectivity index (χ1n) is 4.64. The first kappa shape index (κ1) is 10.3. The maximum Gasteiger partial charge on any atom is 0.367 e. The Morgan fingerprint density at radius 2 is 2.00 bits per heavy atom. The molecule has 0 aliphatic carbocycles. The normalized spacial score (nSPS) is 15.7. The minimum Gasteiger partial charge on any atom is -0.325 e.